The monoisotopic (exact) mass is 469 g/mol. The Kier molecular flexibility index (Phi) is 7.20. The molecule has 1 atom stereocenters. The lowest BCUT2D eigenvalue weighted by Crippen LogP contribution is -2.40. The molecule has 0 aliphatic carbocycles. The molecule has 0 saturated heterocycles. The Hall–Kier alpha value is -3.15. The molecule has 0 aliphatic rings. The van der Waals surface area contributed by atoms with Crippen LogP contribution in [0.2, 0.25) is 0 Å². The van der Waals surface area contributed by atoms with Gasteiger partial charge in [0.25, 0.3) is 0 Å². The van der Waals surface area contributed by atoms with E-state index in [0.29, 0.717) is 37.2 Å². The third-order valence-corrected chi connectivity index (χ3v) is 6.22. The van der Waals surface area contributed by atoms with Gasteiger partial charge in [0.05, 0.1) is 11.8 Å². The molecule has 0 bridgehead atoms. The molecule has 3 N–H and O–H groups in total. The smallest absolute Gasteiger partial charge is 0.320 e. The molecule has 1 aromatic carbocycles. The highest BCUT2D eigenvalue weighted by Gasteiger charge is 2.26. The minimum absolute atomic E-state index is 0.454. The van der Waals surface area contributed by atoms with Crippen LogP contribution in [0.15, 0.2) is 54.6 Å². The van der Waals surface area contributed by atoms with Crippen molar-refractivity contribution in [2.75, 3.05) is 0 Å². The number of nitrogens with zero attached hydrogens (tertiary/aromatic N) is 5. The Labute approximate surface area is 193 Å². The Morgan fingerprint density at radius 1 is 1.22 bits per heavy atom. The number of hydrogen-bond acceptors (Lipinski definition) is 7. The van der Waals surface area contributed by atoms with Crippen LogP contribution in [0.5, 0.6) is 0 Å². The van der Waals surface area contributed by atoms with Crippen LogP contribution in [0, 0.1) is 4.77 Å². The minimum Gasteiger partial charge on any atom is -0.480 e. The van der Waals surface area contributed by atoms with E-state index in [9.17, 15) is 9.90 Å². The third kappa shape index (κ3) is 5.36. The van der Waals surface area contributed by atoms with E-state index in [1.807, 2.05) is 39.8 Å². The molecule has 32 heavy (non-hydrogen) atoms. The second-order valence-electron chi connectivity index (χ2n) is 7.32. The first-order valence-electron chi connectivity index (χ1n) is 10.1. The molecule has 0 saturated carbocycles. The molecule has 0 amide bonds. The number of carbonyl (C=O) groups is 1. The Morgan fingerprint density at radius 3 is 2.75 bits per heavy atom. The zero-order chi connectivity index (χ0) is 22.3. The molecular formula is C21H23N7O2S2. The summed E-state index contributed by atoms with van der Waals surface area (Å²) in [6.07, 6.45) is 6.19. The summed E-state index contributed by atoms with van der Waals surface area (Å²) >= 11 is 6.92. The molecule has 0 aliphatic heterocycles. The molecule has 4 aromatic rings. The second kappa shape index (κ2) is 10.4. The van der Waals surface area contributed by atoms with Crippen molar-refractivity contribution in [3.8, 4) is 11.4 Å². The number of nitrogens with one attached hydrogen (secondary N) is 2. The average molecular weight is 470 g/mol. The maximum absolute atomic E-state index is 12.2. The summed E-state index contributed by atoms with van der Waals surface area (Å²) in [6, 6.07) is 9.13. The van der Waals surface area contributed by atoms with Crippen molar-refractivity contribution in [2.45, 2.75) is 38.5 Å². The van der Waals surface area contributed by atoms with E-state index in [0.717, 1.165) is 22.0 Å². The predicted octanol–water partition coefficient (Wildman–Crippen LogP) is 3.72. The number of hydrogen-bond donors (Lipinski definition) is 3. The molecule has 0 fully saturated rings. The molecule has 3 heterocycles. The highest BCUT2D eigenvalue weighted by Crippen LogP contribution is 2.20. The lowest BCUT2D eigenvalue weighted by Gasteiger charge is -2.28. The van der Waals surface area contributed by atoms with Gasteiger partial charge in [-0.25, -0.2) is 4.98 Å². The lowest BCUT2D eigenvalue weighted by molar-refractivity contribution is -0.144. The van der Waals surface area contributed by atoms with Gasteiger partial charge in [-0.05, 0) is 25.1 Å². The number of thiazole rings is 1. The lowest BCUT2D eigenvalue weighted by atomic mass is 10.1. The topological polar surface area (TPSA) is 116 Å². The molecule has 0 spiro atoms. The van der Waals surface area contributed by atoms with Gasteiger partial charge in [-0.15, -0.1) is 11.3 Å². The van der Waals surface area contributed by atoms with Crippen LogP contribution in [0.3, 0.4) is 0 Å². The van der Waals surface area contributed by atoms with Crippen LogP contribution >= 0.6 is 23.6 Å². The van der Waals surface area contributed by atoms with Crippen LogP contribution in [-0.2, 0) is 24.4 Å². The highest BCUT2D eigenvalue weighted by atomic mass is 32.1. The van der Waals surface area contributed by atoms with Gasteiger partial charge in [-0.3, -0.25) is 19.8 Å². The van der Waals surface area contributed by atoms with E-state index in [-0.39, 0.29) is 0 Å². The number of carboxylic acids is 1. The van der Waals surface area contributed by atoms with Crippen LogP contribution in [0.4, 0.5) is 0 Å². The summed E-state index contributed by atoms with van der Waals surface area (Å²) in [4.78, 5) is 26.4. The van der Waals surface area contributed by atoms with Crippen molar-refractivity contribution in [3.05, 3.63) is 69.9 Å². The standard InChI is InChI=1S/C21H23N7O2S2/c29-20(30)18(27(11-16-9-22-13-24-16)12-17-10-23-14-32-17)7-4-8-28-19(25-26-21(28)31)15-5-2-1-3-6-15/h1-3,5-6,9-10,13-14,18H,4,7-8,11-12H2,(H,22,24)(H,26,31)(H,29,30)/t18-/m0/s1. The number of H-pyrrole nitrogens is 2. The molecule has 4 rings (SSSR count). The van der Waals surface area contributed by atoms with Crippen LogP contribution in [0.1, 0.15) is 23.4 Å². The predicted molar refractivity (Wildman–Crippen MR) is 123 cm³/mol. The van der Waals surface area contributed by atoms with E-state index >= 15 is 0 Å². The summed E-state index contributed by atoms with van der Waals surface area (Å²) in [7, 11) is 0. The normalized spacial score (nSPS) is 12.3. The van der Waals surface area contributed by atoms with Gasteiger partial charge in [-0.1, -0.05) is 30.3 Å². The number of carboxylic acid groups (broad SMARTS) is 1. The van der Waals surface area contributed by atoms with E-state index in [1.54, 1.807) is 24.2 Å². The summed E-state index contributed by atoms with van der Waals surface area (Å²) < 4.78 is 2.45. The number of aromatic nitrogens is 6. The van der Waals surface area contributed by atoms with Gasteiger partial charge in [-0.2, -0.15) is 5.10 Å². The fourth-order valence-electron chi connectivity index (χ4n) is 3.62. The zero-order valence-corrected chi connectivity index (χ0v) is 18.9. The first kappa shape index (κ1) is 22.1. The quantitative estimate of drug-likeness (QED) is 0.287. The fraction of sp³-hybridized carbons (Fsp3) is 0.286. The molecular weight excluding hydrogens is 446 g/mol. The highest BCUT2D eigenvalue weighted by molar-refractivity contribution is 7.71. The largest absolute Gasteiger partial charge is 0.480 e. The van der Waals surface area contributed by atoms with Gasteiger partial charge < -0.3 is 14.7 Å². The van der Waals surface area contributed by atoms with Crippen molar-refractivity contribution in [3.63, 3.8) is 0 Å². The Morgan fingerprint density at radius 2 is 2.06 bits per heavy atom. The van der Waals surface area contributed by atoms with Gasteiger partial charge in [0, 0.05) is 48.2 Å². The summed E-state index contributed by atoms with van der Waals surface area (Å²) in [5.74, 6) is -0.102. The van der Waals surface area contributed by atoms with Crippen LogP contribution in [0.25, 0.3) is 11.4 Å². The molecule has 0 radical (unpaired) electrons. The van der Waals surface area contributed by atoms with Crippen molar-refractivity contribution in [1.29, 1.82) is 0 Å². The fourth-order valence-corrected chi connectivity index (χ4v) is 4.47. The van der Waals surface area contributed by atoms with Crippen molar-refractivity contribution >= 4 is 29.5 Å². The molecule has 9 nitrogen and oxygen atoms in total. The van der Waals surface area contributed by atoms with E-state index < -0.39 is 12.0 Å². The molecule has 11 heteroatoms. The summed E-state index contributed by atoms with van der Waals surface area (Å²) in [6.45, 7) is 1.53. The SMILES string of the molecule is O=C(O)[C@H](CCCn1c(-c2ccccc2)n[nH]c1=S)N(Cc1cnc[nH]1)Cc1cncs1. The van der Waals surface area contributed by atoms with E-state index in [2.05, 4.69) is 25.1 Å². The second-order valence-corrected chi connectivity index (χ2v) is 8.67. The molecule has 0 unspecified atom stereocenters. The van der Waals surface area contributed by atoms with Gasteiger partial charge >= 0.3 is 5.97 Å². The summed E-state index contributed by atoms with van der Waals surface area (Å²) in [5, 5.41) is 17.2. The van der Waals surface area contributed by atoms with Crippen LogP contribution in [-0.4, -0.2) is 51.7 Å². The van der Waals surface area contributed by atoms with Crippen molar-refractivity contribution in [1.82, 2.24) is 34.6 Å². The first-order valence-corrected chi connectivity index (χ1v) is 11.4. The molecule has 3 aromatic heterocycles. The number of benzene rings is 1. The third-order valence-electron chi connectivity index (χ3n) is 5.15. The van der Waals surface area contributed by atoms with Gasteiger partial charge in [0.15, 0.2) is 10.6 Å². The van der Waals surface area contributed by atoms with Gasteiger partial charge in [0.1, 0.15) is 6.04 Å². The summed E-state index contributed by atoms with van der Waals surface area (Å²) in [5.41, 5.74) is 3.58. The van der Waals surface area contributed by atoms with E-state index in [1.165, 1.54) is 11.3 Å². The number of rotatable bonds is 11. The zero-order valence-electron chi connectivity index (χ0n) is 17.2. The Balaban J connectivity index is 1.48. The first-order chi connectivity index (χ1) is 15.6. The minimum atomic E-state index is -0.854. The van der Waals surface area contributed by atoms with Crippen molar-refractivity contribution in [2.24, 2.45) is 0 Å². The van der Waals surface area contributed by atoms with E-state index in [4.69, 9.17) is 12.2 Å². The number of aliphatic carboxylic acids is 1. The van der Waals surface area contributed by atoms with Crippen molar-refractivity contribution < 1.29 is 9.90 Å². The number of imidazole rings is 1. The Bertz CT molecular complexity index is 1130. The number of aromatic amines is 2. The maximum atomic E-state index is 12.2. The average Bonchev–Trinajstić information content (AvgIpc) is 3.55. The molecule has 166 valence electrons. The van der Waals surface area contributed by atoms with Gasteiger partial charge in [0.2, 0.25) is 0 Å². The van der Waals surface area contributed by atoms with Crippen LogP contribution < -0.4 is 0 Å². The maximum Gasteiger partial charge on any atom is 0.320 e.